The minimum absolute atomic E-state index is 0.00623. The van der Waals surface area contributed by atoms with Gasteiger partial charge in [0.2, 0.25) is 5.91 Å². The maximum Gasteiger partial charge on any atom is 0.277 e. The Labute approximate surface area is 234 Å². The number of primary amides is 1. The third-order valence-electron chi connectivity index (χ3n) is 7.98. The van der Waals surface area contributed by atoms with E-state index in [-0.39, 0.29) is 29.1 Å². The third kappa shape index (κ3) is 3.90. The van der Waals surface area contributed by atoms with E-state index in [1.54, 1.807) is 36.3 Å². The van der Waals surface area contributed by atoms with Crippen LogP contribution in [0.1, 0.15) is 44.4 Å². The summed E-state index contributed by atoms with van der Waals surface area (Å²) in [5, 5.41) is 9.18. The molecule has 7 rings (SSSR count). The molecule has 204 valence electrons. The molecule has 0 spiro atoms. The van der Waals surface area contributed by atoms with Gasteiger partial charge < -0.3 is 20.7 Å². The summed E-state index contributed by atoms with van der Waals surface area (Å²) in [5.41, 5.74) is 10.1. The number of nitrogens with one attached hydrogen (secondary N) is 1. The maximum absolute atomic E-state index is 14.3. The molecule has 1 saturated heterocycles. The van der Waals surface area contributed by atoms with E-state index in [1.165, 1.54) is 4.68 Å². The predicted octanol–water partition coefficient (Wildman–Crippen LogP) is 3.49. The molecule has 1 fully saturated rings. The van der Waals surface area contributed by atoms with E-state index in [4.69, 9.17) is 15.5 Å². The van der Waals surface area contributed by atoms with Crippen LogP contribution in [0.3, 0.4) is 0 Å². The van der Waals surface area contributed by atoms with Gasteiger partial charge in [0.05, 0.1) is 35.4 Å². The monoisotopic (exact) mass is 546 g/mol. The standard InChI is InChI=1S/C31H26N6O4/c1-41-19-8-6-18(7-9-19)37-28-22(27(35-37)29(32)38)13-15-36(31(28)40)25-11-10-20(21-12-14-33-30(21)39)23-16-17-4-2-3-5-24(17)34-26(23)25/h2-11,16,21H,12-15H2,1H3,(H2,32,38)(H,33,39). The predicted molar refractivity (Wildman–Crippen MR) is 154 cm³/mol. The molecular formula is C31H26N6O4. The van der Waals surface area contributed by atoms with Gasteiger partial charge in [-0.25, -0.2) is 9.67 Å². The zero-order chi connectivity index (χ0) is 28.2. The Kier molecular flexibility index (Phi) is 5.70. The number of fused-ring (bicyclic) bond motifs is 3. The first-order chi connectivity index (χ1) is 19.9. The lowest BCUT2D eigenvalue weighted by atomic mass is 9.92. The van der Waals surface area contributed by atoms with Crippen molar-refractivity contribution in [2.24, 2.45) is 5.73 Å². The highest BCUT2D eigenvalue weighted by atomic mass is 16.5. The van der Waals surface area contributed by atoms with Crippen LogP contribution < -0.4 is 20.7 Å². The topological polar surface area (TPSA) is 132 Å². The number of nitrogens with zero attached hydrogens (tertiary/aromatic N) is 4. The molecule has 0 radical (unpaired) electrons. The Morgan fingerprint density at radius 2 is 1.88 bits per heavy atom. The van der Waals surface area contributed by atoms with Crippen molar-refractivity contribution in [3.8, 4) is 11.4 Å². The first-order valence-electron chi connectivity index (χ1n) is 13.4. The highest BCUT2D eigenvalue weighted by molar-refractivity contribution is 6.14. The van der Waals surface area contributed by atoms with Gasteiger partial charge in [-0.3, -0.25) is 14.4 Å². The van der Waals surface area contributed by atoms with Crippen molar-refractivity contribution < 1.29 is 19.1 Å². The van der Waals surface area contributed by atoms with Crippen LogP contribution >= 0.6 is 0 Å². The lowest BCUT2D eigenvalue weighted by Crippen LogP contribution is -2.39. The smallest absolute Gasteiger partial charge is 0.277 e. The Bertz CT molecular complexity index is 1900. The van der Waals surface area contributed by atoms with Crippen molar-refractivity contribution in [3.05, 3.63) is 89.2 Å². The molecule has 3 aromatic carbocycles. The number of ether oxygens (including phenoxy) is 1. The van der Waals surface area contributed by atoms with Crippen LogP contribution in [-0.2, 0) is 11.2 Å². The molecule has 41 heavy (non-hydrogen) atoms. The second-order valence-corrected chi connectivity index (χ2v) is 10.2. The van der Waals surface area contributed by atoms with Gasteiger partial charge in [-0.2, -0.15) is 5.10 Å². The van der Waals surface area contributed by atoms with Gasteiger partial charge >= 0.3 is 0 Å². The molecule has 3 N–H and O–H groups in total. The highest BCUT2D eigenvalue weighted by Gasteiger charge is 2.36. The second kappa shape index (κ2) is 9.44. The summed E-state index contributed by atoms with van der Waals surface area (Å²) < 4.78 is 6.75. The van der Waals surface area contributed by atoms with Crippen molar-refractivity contribution in [3.63, 3.8) is 0 Å². The summed E-state index contributed by atoms with van der Waals surface area (Å²) in [7, 11) is 1.57. The minimum atomic E-state index is -0.687. The maximum atomic E-state index is 14.3. The molecule has 2 aromatic heterocycles. The number of aromatic nitrogens is 3. The number of para-hydroxylation sites is 1. The molecular weight excluding hydrogens is 520 g/mol. The van der Waals surface area contributed by atoms with E-state index in [1.807, 2.05) is 36.4 Å². The van der Waals surface area contributed by atoms with Crippen molar-refractivity contribution in [1.29, 1.82) is 0 Å². The average Bonchev–Trinajstić information content (AvgIpc) is 3.60. The lowest BCUT2D eigenvalue weighted by Gasteiger charge is -2.29. The van der Waals surface area contributed by atoms with Crippen LogP contribution in [-0.4, -0.2) is 52.7 Å². The van der Waals surface area contributed by atoms with Crippen LogP contribution in [0.15, 0.2) is 66.7 Å². The van der Waals surface area contributed by atoms with Gasteiger partial charge in [-0.1, -0.05) is 24.3 Å². The minimum Gasteiger partial charge on any atom is -0.497 e. The summed E-state index contributed by atoms with van der Waals surface area (Å²) in [6, 6.07) is 20.7. The van der Waals surface area contributed by atoms with Gasteiger partial charge in [0.1, 0.15) is 11.4 Å². The number of benzene rings is 3. The van der Waals surface area contributed by atoms with E-state index >= 15 is 0 Å². The summed E-state index contributed by atoms with van der Waals surface area (Å²) in [4.78, 5) is 45.9. The molecule has 2 aliphatic heterocycles. The summed E-state index contributed by atoms with van der Waals surface area (Å²) in [6.07, 6.45) is 1.08. The van der Waals surface area contributed by atoms with E-state index in [0.717, 1.165) is 21.9 Å². The van der Waals surface area contributed by atoms with Crippen molar-refractivity contribution in [2.75, 3.05) is 25.1 Å². The average molecular weight is 547 g/mol. The summed E-state index contributed by atoms with van der Waals surface area (Å²) in [5.74, 6) is -0.642. The Morgan fingerprint density at radius 3 is 2.61 bits per heavy atom. The normalized spacial score (nSPS) is 16.7. The number of carbonyl (C=O) groups excluding carboxylic acids is 3. The number of hydrogen-bond acceptors (Lipinski definition) is 6. The van der Waals surface area contributed by atoms with Crippen LogP contribution in [0, 0.1) is 0 Å². The van der Waals surface area contributed by atoms with Crippen molar-refractivity contribution >= 4 is 45.2 Å². The number of rotatable bonds is 5. The van der Waals surface area contributed by atoms with Crippen LogP contribution in [0.5, 0.6) is 5.75 Å². The van der Waals surface area contributed by atoms with Gasteiger partial charge in [0.15, 0.2) is 5.69 Å². The van der Waals surface area contributed by atoms with E-state index in [9.17, 15) is 14.4 Å². The van der Waals surface area contributed by atoms with Gasteiger partial charge in [-0.15, -0.1) is 0 Å². The van der Waals surface area contributed by atoms with Gasteiger partial charge in [0.25, 0.3) is 11.8 Å². The summed E-state index contributed by atoms with van der Waals surface area (Å²) >= 11 is 0. The van der Waals surface area contributed by atoms with E-state index in [2.05, 4.69) is 16.5 Å². The Morgan fingerprint density at radius 1 is 1.07 bits per heavy atom. The molecule has 1 atom stereocenters. The molecule has 0 aliphatic carbocycles. The lowest BCUT2D eigenvalue weighted by molar-refractivity contribution is -0.120. The Hall–Kier alpha value is -5.25. The second-order valence-electron chi connectivity index (χ2n) is 10.2. The van der Waals surface area contributed by atoms with E-state index in [0.29, 0.717) is 54.1 Å². The molecule has 0 bridgehead atoms. The number of hydrogen-bond donors (Lipinski definition) is 2. The molecule has 10 nitrogen and oxygen atoms in total. The highest BCUT2D eigenvalue weighted by Crippen LogP contribution is 2.38. The van der Waals surface area contributed by atoms with Gasteiger partial charge in [0, 0.05) is 29.4 Å². The van der Waals surface area contributed by atoms with Crippen LogP contribution in [0.4, 0.5) is 5.69 Å². The Balaban J connectivity index is 1.40. The van der Waals surface area contributed by atoms with Gasteiger partial charge in [-0.05, 0) is 60.9 Å². The largest absolute Gasteiger partial charge is 0.497 e. The molecule has 3 amide bonds. The van der Waals surface area contributed by atoms with Crippen LogP contribution in [0.2, 0.25) is 0 Å². The first kappa shape index (κ1) is 24.8. The molecule has 5 aromatic rings. The number of pyridine rings is 1. The number of carbonyl (C=O) groups is 3. The number of anilines is 1. The van der Waals surface area contributed by atoms with Crippen LogP contribution in [0.25, 0.3) is 27.5 Å². The number of amides is 3. The molecule has 10 heteroatoms. The van der Waals surface area contributed by atoms with E-state index < -0.39 is 5.91 Å². The molecule has 1 unspecified atom stereocenters. The third-order valence-corrected chi connectivity index (χ3v) is 7.98. The zero-order valence-corrected chi connectivity index (χ0v) is 22.3. The SMILES string of the molecule is COc1ccc(-n2nc(C(N)=O)c3c2C(=O)N(c2ccc(C4CCNC4=O)c4cc5ccccc5nc24)CC3)cc1. The first-order valence-corrected chi connectivity index (χ1v) is 13.4. The molecule has 0 saturated carbocycles. The van der Waals surface area contributed by atoms with Crippen molar-refractivity contribution in [2.45, 2.75) is 18.8 Å². The summed E-state index contributed by atoms with van der Waals surface area (Å²) in [6.45, 7) is 0.936. The fraction of sp³-hybridized carbons (Fsp3) is 0.194. The fourth-order valence-corrected chi connectivity index (χ4v) is 5.98. The fourth-order valence-electron chi connectivity index (χ4n) is 5.98. The molecule has 4 heterocycles. The number of nitrogens with two attached hydrogens (primary N) is 1. The quantitative estimate of drug-likeness (QED) is 0.325. The van der Waals surface area contributed by atoms with Crippen molar-refractivity contribution in [1.82, 2.24) is 20.1 Å². The zero-order valence-electron chi connectivity index (χ0n) is 22.3. The molecule has 2 aliphatic rings. The number of methoxy groups -OCH3 is 1.